The second-order valence-electron chi connectivity index (χ2n) is 4.98. The first-order valence-corrected chi connectivity index (χ1v) is 5.80. The minimum Gasteiger partial charge on any atom is -0.444 e. The van der Waals surface area contributed by atoms with Gasteiger partial charge in [-0.3, -0.25) is 5.32 Å². The van der Waals surface area contributed by atoms with Gasteiger partial charge in [-0.05, 0) is 51.4 Å². The van der Waals surface area contributed by atoms with E-state index in [-0.39, 0.29) is 5.69 Å². The molecule has 0 unspecified atom stereocenters. The summed E-state index contributed by atoms with van der Waals surface area (Å²) < 4.78 is 18.6. The summed E-state index contributed by atoms with van der Waals surface area (Å²) in [5, 5.41) is 2.39. The van der Waals surface area contributed by atoms with Crippen molar-refractivity contribution >= 4 is 11.8 Å². The highest BCUT2D eigenvalue weighted by molar-refractivity contribution is 5.85. The van der Waals surface area contributed by atoms with Crippen molar-refractivity contribution in [2.24, 2.45) is 5.73 Å². The molecule has 0 saturated heterocycles. The van der Waals surface area contributed by atoms with E-state index in [4.69, 9.17) is 10.5 Å². The molecule has 1 amide bonds. The number of hydrogen-bond donors (Lipinski definition) is 2. The molecule has 18 heavy (non-hydrogen) atoms. The molecule has 100 valence electrons. The van der Waals surface area contributed by atoms with E-state index < -0.39 is 17.5 Å². The Morgan fingerprint density at radius 3 is 2.67 bits per heavy atom. The van der Waals surface area contributed by atoms with Gasteiger partial charge < -0.3 is 10.5 Å². The SMILES string of the molecule is CC(C)(C)OC(=O)Nc1cc(CCN)ccc1F. The molecule has 1 aromatic rings. The summed E-state index contributed by atoms with van der Waals surface area (Å²) in [4.78, 5) is 11.5. The second kappa shape index (κ2) is 5.82. The first-order valence-electron chi connectivity index (χ1n) is 5.80. The molecule has 0 atom stereocenters. The lowest BCUT2D eigenvalue weighted by atomic mass is 10.1. The van der Waals surface area contributed by atoms with Crippen LogP contribution in [0.5, 0.6) is 0 Å². The van der Waals surface area contributed by atoms with Gasteiger partial charge in [-0.2, -0.15) is 0 Å². The third-order valence-corrected chi connectivity index (χ3v) is 2.10. The lowest BCUT2D eigenvalue weighted by Crippen LogP contribution is -2.27. The highest BCUT2D eigenvalue weighted by atomic mass is 19.1. The van der Waals surface area contributed by atoms with Crippen LogP contribution in [0.3, 0.4) is 0 Å². The molecule has 4 nitrogen and oxygen atoms in total. The van der Waals surface area contributed by atoms with Crippen molar-refractivity contribution in [1.82, 2.24) is 0 Å². The van der Waals surface area contributed by atoms with E-state index in [0.717, 1.165) is 5.56 Å². The van der Waals surface area contributed by atoms with E-state index in [1.807, 2.05) is 0 Å². The predicted octanol–water partition coefficient (Wildman–Crippen LogP) is 2.67. The van der Waals surface area contributed by atoms with Gasteiger partial charge in [-0.1, -0.05) is 6.07 Å². The third kappa shape index (κ3) is 4.71. The molecule has 0 saturated carbocycles. The van der Waals surface area contributed by atoms with E-state index in [0.29, 0.717) is 13.0 Å². The molecule has 0 fully saturated rings. The van der Waals surface area contributed by atoms with Crippen LogP contribution in [0.1, 0.15) is 26.3 Å². The fraction of sp³-hybridized carbons (Fsp3) is 0.462. The molecule has 0 radical (unpaired) electrons. The van der Waals surface area contributed by atoms with Gasteiger partial charge in [0.1, 0.15) is 11.4 Å². The summed E-state index contributed by atoms with van der Waals surface area (Å²) in [7, 11) is 0. The van der Waals surface area contributed by atoms with Gasteiger partial charge in [-0.15, -0.1) is 0 Å². The maximum absolute atomic E-state index is 13.5. The Morgan fingerprint density at radius 1 is 1.44 bits per heavy atom. The maximum Gasteiger partial charge on any atom is 0.412 e. The normalized spacial score (nSPS) is 11.2. The average Bonchev–Trinajstić information content (AvgIpc) is 2.20. The standard InChI is InChI=1S/C13H19FN2O2/c1-13(2,3)18-12(17)16-11-8-9(6-7-15)4-5-10(11)14/h4-5,8H,6-7,15H2,1-3H3,(H,16,17). The quantitative estimate of drug-likeness (QED) is 0.871. The number of benzene rings is 1. The second-order valence-corrected chi connectivity index (χ2v) is 4.98. The molecular weight excluding hydrogens is 235 g/mol. The molecule has 1 rings (SSSR count). The van der Waals surface area contributed by atoms with E-state index in [1.54, 1.807) is 32.9 Å². The van der Waals surface area contributed by atoms with Crippen molar-refractivity contribution < 1.29 is 13.9 Å². The Labute approximate surface area is 106 Å². The van der Waals surface area contributed by atoms with Gasteiger partial charge in [0.05, 0.1) is 5.69 Å². The fourth-order valence-electron chi connectivity index (χ4n) is 1.40. The molecule has 0 bridgehead atoms. The first kappa shape index (κ1) is 14.4. The van der Waals surface area contributed by atoms with Gasteiger partial charge in [0.25, 0.3) is 0 Å². The highest BCUT2D eigenvalue weighted by Crippen LogP contribution is 2.18. The predicted molar refractivity (Wildman–Crippen MR) is 69.0 cm³/mol. The smallest absolute Gasteiger partial charge is 0.412 e. The molecule has 1 aromatic carbocycles. The van der Waals surface area contributed by atoms with Crippen molar-refractivity contribution in [1.29, 1.82) is 0 Å². The number of nitrogens with one attached hydrogen (secondary N) is 1. The van der Waals surface area contributed by atoms with Gasteiger partial charge in [0.2, 0.25) is 0 Å². The van der Waals surface area contributed by atoms with Crippen LogP contribution in [-0.2, 0) is 11.2 Å². The van der Waals surface area contributed by atoms with Crippen molar-refractivity contribution in [3.63, 3.8) is 0 Å². The number of anilines is 1. The van der Waals surface area contributed by atoms with Crippen LogP contribution in [0.25, 0.3) is 0 Å². The maximum atomic E-state index is 13.5. The molecule has 5 heteroatoms. The minimum atomic E-state index is -0.675. The number of carbonyl (C=O) groups is 1. The zero-order valence-corrected chi connectivity index (χ0v) is 10.9. The summed E-state index contributed by atoms with van der Waals surface area (Å²) in [5.41, 5.74) is 5.78. The van der Waals surface area contributed by atoms with Crippen LogP contribution in [0.15, 0.2) is 18.2 Å². The Morgan fingerprint density at radius 2 is 2.11 bits per heavy atom. The Bertz CT molecular complexity index is 427. The molecule has 3 N–H and O–H groups in total. The van der Waals surface area contributed by atoms with Crippen LogP contribution in [-0.4, -0.2) is 18.2 Å². The summed E-state index contributed by atoms with van der Waals surface area (Å²) in [6, 6.07) is 4.51. The van der Waals surface area contributed by atoms with Gasteiger partial charge in [0.15, 0.2) is 0 Å². The molecular formula is C13H19FN2O2. The lowest BCUT2D eigenvalue weighted by molar-refractivity contribution is 0.0635. The fourth-order valence-corrected chi connectivity index (χ4v) is 1.40. The first-order chi connectivity index (χ1) is 8.31. The van der Waals surface area contributed by atoms with Crippen LogP contribution >= 0.6 is 0 Å². The number of halogens is 1. The van der Waals surface area contributed by atoms with E-state index in [9.17, 15) is 9.18 Å². The van der Waals surface area contributed by atoms with Crippen molar-refractivity contribution in [2.75, 3.05) is 11.9 Å². The molecule has 0 heterocycles. The number of amides is 1. The van der Waals surface area contributed by atoms with E-state index >= 15 is 0 Å². The summed E-state index contributed by atoms with van der Waals surface area (Å²) in [5.74, 6) is -0.498. The molecule has 0 aliphatic carbocycles. The zero-order chi connectivity index (χ0) is 13.8. The van der Waals surface area contributed by atoms with Crippen molar-refractivity contribution in [3.8, 4) is 0 Å². The van der Waals surface area contributed by atoms with Crippen LogP contribution in [0, 0.1) is 5.82 Å². The number of nitrogens with two attached hydrogens (primary N) is 1. The van der Waals surface area contributed by atoms with E-state index in [2.05, 4.69) is 5.32 Å². The molecule has 0 aromatic heterocycles. The number of carbonyl (C=O) groups excluding carboxylic acids is 1. The summed E-state index contributed by atoms with van der Waals surface area (Å²) in [6.45, 7) is 5.70. The average molecular weight is 254 g/mol. The van der Waals surface area contributed by atoms with Crippen molar-refractivity contribution in [2.45, 2.75) is 32.8 Å². The van der Waals surface area contributed by atoms with Gasteiger partial charge >= 0.3 is 6.09 Å². The number of hydrogen-bond acceptors (Lipinski definition) is 3. The highest BCUT2D eigenvalue weighted by Gasteiger charge is 2.17. The largest absolute Gasteiger partial charge is 0.444 e. The number of ether oxygens (including phenoxy) is 1. The third-order valence-electron chi connectivity index (χ3n) is 2.10. The molecule has 0 aliphatic rings. The summed E-state index contributed by atoms with van der Waals surface area (Å²) >= 11 is 0. The summed E-state index contributed by atoms with van der Waals surface area (Å²) in [6.07, 6.45) is -0.0465. The van der Waals surface area contributed by atoms with Crippen molar-refractivity contribution in [3.05, 3.63) is 29.6 Å². The van der Waals surface area contributed by atoms with E-state index in [1.165, 1.54) is 6.07 Å². The molecule has 0 aliphatic heterocycles. The monoisotopic (exact) mass is 254 g/mol. The van der Waals surface area contributed by atoms with Crippen LogP contribution < -0.4 is 11.1 Å². The zero-order valence-electron chi connectivity index (χ0n) is 10.9. The Balaban J connectivity index is 2.77. The Hall–Kier alpha value is -1.62. The minimum absolute atomic E-state index is 0.107. The lowest BCUT2D eigenvalue weighted by Gasteiger charge is -2.20. The van der Waals surface area contributed by atoms with Gasteiger partial charge in [-0.25, -0.2) is 9.18 Å². The topological polar surface area (TPSA) is 64.3 Å². The number of rotatable bonds is 3. The van der Waals surface area contributed by atoms with Crippen LogP contribution in [0.2, 0.25) is 0 Å². The Kier molecular flexibility index (Phi) is 4.67. The van der Waals surface area contributed by atoms with Crippen LogP contribution in [0.4, 0.5) is 14.9 Å². The molecule has 0 spiro atoms. The van der Waals surface area contributed by atoms with Gasteiger partial charge in [0, 0.05) is 0 Å².